The Hall–Kier alpha value is -1.10. The molecule has 37 heavy (non-hydrogen) atoms. The third kappa shape index (κ3) is 29.3. The van der Waals surface area contributed by atoms with Crippen molar-refractivity contribution in [2.75, 3.05) is 13.2 Å². The minimum Gasteiger partial charge on any atom is -0.463 e. The van der Waals surface area contributed by atoms with Crippen molar-refractivity contribution in [3.05, 3.63) is 0 Å². The van der Waals surface area contributed by atoms with Crippen molar-refractivity contribution < 1.29 is 24.2 Å². The Kier molecular flexibility index (Phi) is 27.1. The smallest absolute Gasteiger partial charge is 0.305 e. The van der Waals surface area contributed by atoms with Crippen LogP contribution in [0.25, 0.3) is 0 Å². The summed E-state index contributed by atoms with van der Waals surface area (Å²) >= 11 is 0. The molecule has 1 atom stereocenters. The van der Waals surface area contributed by atoms with Gasteiger partial charge in [0, 0.05) is 12.8 Å². The molecule has 0 aliphatic carbocycles. The molecule has 0 aliphatic heterocycles. The monoisotopic (exact) mass is 526 g/mol. The van der Waals surface area contributed by atoms with Crippen LogP contribution in [0.5, 0.6) is 0 Å². The molecule has 0 fully saturated rings. The first-order chi connectivity index (χ1) is 18.0. The Morgan fingerprint density at radius 3 is 1.22 bits per heavy atom. The highest BCUT2D eigenvalue weighted by molar-refractivity contribution is 5.69. The molecule has 0 bridgehead atoms. The SMILES string of the molecule is CCCCCCCCCCCCCC(=O)OC[C@@H](O)COC(=O)CCCCCCCCCCCC(C)C. The molecule has 5 heteroatoms. The van der Waals surface area contributed by atoms with Gasteiger partial charge >= 0.3 is 11.9 Å². The van der Waals surface area contributed by atoms with E-state index < -0.39 is 6.10 Å². The predicted molar refractivity (Wildman–Crippen MR) is 155 cm³/mol. The molecular formula is C32H62O5. The number of esters is 2. The lowest BCUT2D eigenvalue weighted by Gasteiger charge is -2.12. The van der Waals surface area contributed by atoms with E-state index in [4.69, 9.17) is 9.47 Å². The van der Waals surface area contributed by atoms with Crippen LogP contribution in [0.15, 0.2) is 0 Å². The number of carbonyl (C=O) groups excluding carboxylic acids is 2. The number of aliphatic hydroxyl groups is 1. The van der Waals surface area contributed by atoms with Crippen LogP contribution in [0.4, 0.5) is 0 Å². The minimum atomic E-state index is -0.953. The molecule has 0 saturated carbocycles. The van der Waals surface area contributed by atoms with Crippen LogP contribution < -0.4 is 0 Å². The van der Waals surface area contributed by atoms with E-state index in [9.17, 15) is 14.7 Å². The van der Waals surface area contributed by atoms with Crippen molar-refractivity contribution in [3.63, 3.8) is 0 Å². The van der Waals surface area contributed by atoms with Crippen LogP contribution in [0.1, 0.15) is 168 Å². The summed E-state index contributed by atoms with van der Waals surface area (Å²) < 4.78 is 10.3. The molecule has 0 radical (unpaired) electrons. The fourth-order valence-corrected chi connectivity index (χ4v) is 4.56. The third-order valence-electron chi connectivity index (χ3n) is 7.02. The first-order valence-electron chi connectivity index (χ1n) is 15.9. The van der Waals surface area contributed by atoms with E-state index in [-0.39, 0.29) is 25.2 Å². The molecule has 0 spiro atoms. The standard InChI is InChI=1S/C32H62O5/c1-4-5-6-7-8-9-10-13-16-19-22-25-31(34)36-27-30(33)28-37-32(35)26-23-20-17-14-11-12-15-18-21-24-29(2)3/h29-30,33H,4-28H2,1-3H3/t30-/m1/s1. The molecule has 0 aromatic carbocycles. The van der Waals surface area contributed by atoms with E-state index in [1.54, 1.807) is 0 Å². The Morgan fingerprint density at radius 1 is 0.541 bits per heavy atom. The second-order valence-corrected chi connectivity index (χ2v) is 11.4. The van der Waals surface area contributed by atoms with Crippen molar-refractivity contribution in [1.82, 2.24) is 0 Å². The van der Waals surface area contributed by atoms with Crippen LogP contribution in [-0.2, 0) is 19.1 Å². The van der Waals surface area contributed by atoms with Gasteiger partial charge in [-0.3, -0.25) is 9.59 Å². The summed E-state index contributed by atoms with van der Waals surface area (Å²) in [6.07, 6.45) is 25.8. The Bertz CT molecular complexity index is 505. The molecule has 5 nitrogen and oxygen atoms in total. The van der Waals surface area contributed by atoms with Gasteiger partial charge in [0.1, 0.15) is 19.3 Å². The minimum absolute atomic E-state index is 0.110. The van der Waals surface area contributed by atoms with Crippen molar-refractivity contribution >= 4 is 11.9 Å². The second-order valence-electron chi connectivity index (χ2n) is 11.4. The summed E-state index contributed by atoms with van der Waals surface area (Å²) in [7, 11) is 0. The van der Waals surface area contributed by atoms with E-state index in [2.05, 4.69) is 20.8 Å². The van der Waals surface area contributed by atoms with Crippen molar-refractivity contribution in [2.45, 2.75) is 175 Å². The zero-order valence-corrected chi connectivity index (χ0v) is 24.9. The van der Waals surface area contributed by atoms with E-state index in [0.717, 1.165) is 38.0 Å². The Balaban J connectivity index is 3.42. The summed E-state index contributed by atoms with van der Waals surface area (Å²) in [6, 6.07) is 0. The fraction of sp³-hybridized carbons (Fsp3) is 0.938. The highest BCUT2D eigenvalue weighted by Crippen LogP contribution is 2.14. The van der Waals surface area contributed by atoms with Crippen molar-refractivity contribution in [3.8, 4) is 0 Å². The summed E-state index contributed by atoms with van der Waals surface area (Å²) in [6.45, 7) is 6.60. The van der Waals surface area contributed by atoms with Gasteiger partial charge in [0.15, 0.2) is 0 Å². The summed E-state index contributed by atoms with van der Waals surface area (Å²) in [5.41, 5.74) is 0. The molecular weight excluding hydrogens is 464 g/mol. The lowest BCUT2D eigenvalue weighted by molar-refractivity contribution is -0.152. The maximum absolute atomic E-state index is 11.9. The number of carbonyl (C=O) groups is 2. The lowest BCUT2D eigenvalue weighted by atomic mass is 10.0. The third-order valence-corrected chi connectivity index (χ3v) is 7.02. The zero-order valence-electron chi connectivity index (χ0n) is 24.9. The number of unbranched alkanes of at least 4 members (excludes halogenated alkanes) is 18. The average Bonchev–Trinajstić information content (AvgIpc) is 2.87. The van der Waals surface area contributed by atoms with Gasteiger partial charge in [-0.25, -0.2) is 0 Å². The van der Waals surface area contributed by atoms with Gasteiger partial charge in [-0.05, 0) is 18.8 Å². The molecule has 0 saturated heterocycles. The maximum atomic E-state index is 11.9. The number of hydrogen-bond donors (Lipinski definition) is 1. The van der Waals surface area contributed by atoms with Crippen LogP contribution >= 0.6 is 0 Å². The summed E-state index contributed by atoms with van der Waals surface area (Å²) in [5.74, 6) is 0.259. The molecule has 0 aromatic rings. The Labute approximate surface area is 229 Å². The van der Waals surface area contributed by atoms with Gasteiger partial charge in [-0.15, -0.1) is 0 Å². The van der Waals surface area contributed by atoms with Crippen LogP contribution in [0, 0.1) is 5.92 Å². The molecule has 0 amide bonds. The largest absolute Gasteiger partial charge is 0.463 e. The first kappa shape index (κ1) is 35.9. The zero-order chi connectivity index (χ0) is 27.4. The molecule has 1 N–H and O–H groups in total. The van der Waals surface area contributed by atoms with E-state index in [0.29, 0.717) is 12.8 Å². The van der Waals surface area contributed by atoms with E-state index in [1.807, 2.05) is 0 Å². The van der Waals surface area contributed by atoms with Crippen LogP contribution in [0.2, 0.25) is 0 Å². The number of rotatable bonds is 28. The molecule has 0 aliphatic rings. The summed E-state index contributed by atoms with van der Waals surface area (Å²) in [5, 5.41) is 9.93. The van der Waals surface area contributed by atoms with Crippen molar-refractivity contribution in [1.29, 1.82) is 0 Å². The van der Waals surface area contributed by atoms with Gasteiger partial charge in [0.2, 0.25) is 0 Å². The summed E-state index contributed by atoms with van der Waals surface area (Å²) in [4.78, 5) is 23.7. The molecule has 0 unspecified atom stereocenters. The van der Waals surface area contributed by atoms with Crippen LogP contribution in [-0.4, -0.2) is 36.4 Å². The van der Waals surface area contributed by atoms with E-state index >= 15 is 0 Å². The molecule has 0 heterocycles. The van der Waals surface area contributed by atoms with Gasteiger partial charge in [-0.1, -0.05) is 143 Å². The Morgan fingerprint density at radius 2 is 0.865 bits per heavy atom. The topological polar surface area (TPSA) is 72.8 Å². The lowest BCUT2D eigenvalue weighted by Crippen LogP contribution is -2.25. The van der Waals surface area contributed by atoms with E-state index in [1.165, 1.54) is 103 Å². The molecule has 0 rings (SSSR count). The van der Waals surface area contributed by atoms with Crippen molar-refractivity contribution in [2.24, 2.45) is 5.92 Å². The fourth-order valence-electron chi connectivity index (χ4n) is 4.56. The normalized spacial score (nSPS) is 12.1. The molecule has 0 aromatic heterocycles. The first-order valence-corrected chi connectivity index (χ1v) is 15.9. The van der Waals surface area contributed by atoms with Crippen LogP contribution in [0.3, 0.4) is 0 Å². The highest BCUT2D eigenvalue weighted by Gasteiger charge is 2.12. The van der Waals surface area contributed by atoms with Gasteiger partial charge in [0.25, 0.3) is 0 Å². The number of hydrogen-bond acceptors (Lipinski definition) is 5. The quantitative estimate of drug-likeness (QED) is 0.0813. The number of aliphatic hydroxyl groups excluding tert-OH is 1. The predicted octanol–water partition coefficient (Wildman–Crippen LogP) is 9.08. The maximum Gasteiger partial charge on any atom is 0.305 e. The molecule has 220 valence electrons. The number of ether oxygens (including phenoxy) is 2. The van der Waals surface area contributed by atoms with Gasteiger partial charge < -0.3 is 14.6 Å². The van der Waals surface area contributed by atoms with Gasteiger partial charge in [0.05, 0.1) is 0 Å². The highest BCUT2D eigenvalue weighted by atomic mass is 16.6. The average molecular weight is 527 g/mol. The van der Waals surface area contributed by atoms with Gasteiger partial charge in [-0.2, -0.15) is 0 Å². The second kappa shape index (κ2) is 27.9.